The van der Waals surface area contributed by atoms with Crippen LogP contribution in [0.1, 0.15) is 20.7 Å². The van der Waals surface area contributed by atoms with Gasteiger partial charge in [0, 0.05) is 6.20 Å². The van der Waals surface area contributed by atoms with Gasteiger partial charge in [-0.2, -0.15) is 5.10 Å². The fraction of sp³-hybridized carbons (Fsp3) is 0. The maximum absolute atomic E-state index is 10.7. The van der Waals surface area contributed by atoms with Gasteiger partial charge in [-0.3, -0.25) is 0 Å². The summed E-state index contributed by atoms with van der Waals surface area (Å²) in [7, 11) is 0. The molecule has 0 radical (unpaired) electrons. The Morgan fingerprint density at radius 2 is 1.59 bits per heavy atom. The molecule has 2 rings (SSSR count). The van der Waals surface area contributed by atoms with E-state index in [0.29, 0.717) is 5.69 Å². The molecule has 2 aromatic rings. The number of hydrogen-bond acceptors (Lipinski definition) is 3. The Morgan fingerprint density at radius 1 is 1.00 bits per heavy atom. The zero-order valence-electron chi connectivity index (χ0n) is 8.57. The summed E-state index contributed by atoms with van der Waals surface area (Å²) in [5, 5.41) is 21.3. The quantitative estimate of drug-likeness (QED) is 0.831. The Balaban J connectivity index is 2.33. The van der Waals surface area contributed by atoms with E-state index < -0.39 is 11.9 Å². The van der Waals surface area contributed by atoms with Crippen LogP contribution in [-0.4, -0.2) is 31.9 Å². The van der Waals surface area contributed by atoms with Gasteiger partial charge in [-0.15, -0.1) is 0 Å². The van der Waals surface area contributed by atoms with Gasteiger partial charge in [-0.05, 0) is 24.3 Å². The maximum Gasteiger partial charge on any atom is 0.338 e. The first-order valence-corrected chi connectivity index (χ1v) is 4.69. The van der Waals surface area contributed by atoms with Gasteiger partial charge in [0.05, 0.1) is 23.0 Å². The summed E-state index contributed by atoms with van der Waals surface area (Å²) >= 11 is 0. The van der Waals surface area contributed by atoms with E-state index in [0.717, 1.165) is 0 Å². The van der Waals surface area contributed by atoms with E-state index in [1.165, 1.54) is 29.2 Å². The highest BCUT2D eigenvalue weighted by Gasteiger charge is 2.07. The Kier molecular flexibility index (Phi) is 2.61. The van der Waals surface area contributed by atoms with Crippen molar-refractivity contribution in [3.8, 4) is 5.69 Å². The molecule has 1 heterocycles. The average molecular weight is 232 g/mol. The number of aromatic nitrogens is 2. The number of hydrogen-bond donors (Lipinski definition) is 2. The average Bonchev–Trinajstić information content (AvgIpc) is 2.78. The molecule has 1 aromatic heterocycles. The third-order valence-corrected chi connectivity index (χ3v) is 2.21. The van der Waals surface area contributed by atoms with Crippen molar-refractivity contribution in [1.82, 2.24) is 9.78 Å². The van der Waals surface area contributed by atoms with Gasteiger partial charge < -0.3 is 10.2 Å². The predicted molar refractivity (Wildman–Crippen MR) is 57.5 cm³/mol. The first-order valence-electron chi connectivity index (χ1n) is 4.69. The molecule has 17 heavy (non-hydrogen) atoms. The van der Waals surface area contributed by atoms with Crippen LogP contribution in [0.4, 0.5) is 0 Å². The van der Waals surface area contributed by atoms with Crippen molar-refractivity contribution in [2.24, 2.45) is 0 Å². The third kappa shape index (κ3) is 2.15. The van der Waals surface area contributed by atoms with Crippen molar-refractivity contribution >= 4 is 11.9 Å². The van der Waals surface area contributed by atoms with Gasteiger partial charge in [0.25, 0.3) is 0 Å². The molecule has 1 aromatic carbocycles. The lowest BCUT2D eigenvalue weighted by Gasteiger charge is -2.01. The van der Waals surface area contributed by atoms with Gasteiger partial charge in [-0.25, -0.2) is 14.3 Å². The van der Waals surface area contributed by atoms with Gasteiger partial charge in [0.2, 0.25) is 0 Å². The van der Waals surface area contributed by atoms with E-state index in [-0.39, 0.29) is 11.1 Å². The van der Waals surface area contributed by atoms with Crippen molar-refractivity contribution < 1.29 is 19.8 Å². The minimum Gasteiger partial charge on any atom is -0.478 e. The Labute approximate surface area is 95.7 Å². The Hall–Kier alpha value is -2.63. The number of carbonyl (C=O) groups is 2. The first kappa shape index (κ1) is 10.9. The van der Waals surface area contributed by atoms with Crippen LogP contribution in [0.15, 0.2) is 36.7 Å². The summed E-state index contributed by atoms with van der Waals surface area (Å²) in [5.41, 5.74) is 0.842. The SMILES string of the molecule is O=C(O)c1ccc(-n2cc(C(=O)O)cn2)cc1. The Bertz CT molecular complexity index is 571. The number of carboxylic acids is 2. The van der Waals surface area contributed by atoms with Crippen LogP contribution in [0.25, 0.3) is 5.69 Å². The molecule has 0 saturated heterocycles. The molecule has 0 aliphatic rings. The highest BCUT2D eigenvalue weighted by molar-refractivity contribution is 5.88. The van der Waals surface area contributed by atoms with Crippen LogP contribution in [0.2, 0.25) is 0 Å². The summed E-state index contributed by atoms with van der Waals surface area (Å²) in [5.74, 6) is -2.07. The molecule has 0 spiro atoms. The van der Waals surface area contributed by atoms with Gasteiger partial charge in [0.1, 0.15) is 0 Å². The third-order valence-electron chi connectivity index (χ3n) is 2.21. The summed E-state index contributed by atoms with van der Waals surface area (Å²) in [6.45, 7) is 0. The lowest BCUT2D eigenvalue weighted by molar-refractivity contribution is 0.0686. The lowest BCUT2D eigenvalue weighted by atomic mass is 10.2. The van der Waals surface area contributed by atoms with Crippen molar-refractivity contribution in [1.29, 1.82) is 0 Å². The highest BCUT2D eigenvalue weighted by Crippen LogP contribution is 2.10. The van der Waals surface area contributed by atoms with Crippen molar-refractivity contribution in [2.45, 2.75) is 0 Å². The zero-order chi connectivity index (χ0) is 12.4. The van der Waals surface area contributed by atoms with Crippen LogP contribution in [0.3, 0.4) is 0 Å². The smallest absolute Gasteiger partial charge is 0.338 e. The first-order chi connectivity index (χ1) is 8.08. The van der Waals surface area contributed by atoms with Crippen LogP contribution in [0.5, 0.6) is 0 Å². The zero-order valence-corrected chi connectivity index (χ0v) is 8.57. The van der Waals surface area contributed by atoms with E-state index in [1.54, 1.807) is 12.1 Å². The maximum atomic E-state index is 10.7. The number of nitrogens with zero attached hydrogens (tertiary/aromatic N) is 2. The molecule has 0 fully saturated rings. The molecule has 0 saturated carbocycles. The van der Waals surface area contributed by atoms with Crippen LogP contribution in [0, 0.1) is 0 Å². The molecule has 0 bridgehead atoms. The second-order valence-corrected chi connectivity index (χ2v) is 3.33. The second kappa shape index (κ2) is 4.09. The van der Waals surface area contributed by atoms with Crippen molar-refractivity contribution in [2.75, 3.05) is 0 Å². The molecule has 86 valence electrons. The lowest BCUT2D eigenvalue weighted by Crippen LogP contribution is -1.99. The summed E-state index contributed by atoms with van der Waals surface area (Å²) in [6, 6.07) is 5.98. The number of carboxylic acid groups (broad SMARTS) is 2. The fourth-order valence-corrected chi connectivity index (χ4v) is 1.33. The minimum absolute atomic E-state index is 0.0762. The van der Waals surface area contributed by atoms with E-state index in [1.807, 2.05) is 0 Å². The minimum atomic E-state index is -1.06. The monoisotopic (exact) mass is 232 g/mol. The molecular formula is C11H8N2O4. The highest BCUT2D eigenvalue weighted by atomic mass is 16.4. The predicted octanol–water partition coefficient (Wildman–Crippen LogP) is 1.27. The Morgan fingerprint density at radius 3 is 2.06 bits per heavy atom. The molecule has 0 aliphatic heterocycles. The summed E-state index contributed by atoms with van der Waals surface area (Å²) < 4.78 is 1.37. The van der Waals surface area contributed by atoms with E-state index >= 15 is 0 Å². The topological polar surface area (TPSA) is 92.4 Å². The van der Waals surface area contributed by atoms with Crippen LogP contribution in [-0.2, 0) is 0 Å². The molecule has 2 N–H and O–H groups in total. The second-order valence-electron chi connectivity index (χ2n) is 3.33. The number of aromatic carboxylic acids is 2. The summed E-state index contributed by atoms with van der Waals surface area (Å²) in [4.78, 5) is 21.3. The molecule has 0 atom stereocenters. The standard InChI is InChI=1S/C11H8N2O4/c14-10(15)7-1-3-9(4-2-7)13-6-8(5-12-13)11(16)17/h1-6H,(H,14,15)(H,16,17). The van der Waals surface area contributed by atoms with Gasteiger partial charge in [-0.1, -0.05) is 0 Å². The van der Waals surface area contributed by atoms with E-state index in [9.17, 15) is 9.59 Å². The molecule has 0 amide bonds. The molecule has 6 nitrogen and oxygen atoms in total. The van der Waals surface area contributed by atoms with Gasteiger partial charge in [0.15, 0.2) is 0 Å². The fourth-order valence-electron chi connectivity index (χ4n) is 1.33. The molecule has 6 heteroatoms. The summed E-state index contributed by atoms with van der Waals surface area (Å²) in [6.07, 6.45) is 2.59. The van der Waals surface area contributed by atoms with Crippen molar-refractivity contribution in [3.05, 3.63) is 47.8 Å². The largest absolute Gasteiger partial charge is 0.478 e. The number of rotatable bonds is 3. The van der Waals surface area contributed by atoms with Crippen molar-refractivity contribution in [3.63, 3.8) is 0 Å². The van der Waals surface area contributed by atoms with E-state index in [4.69, 9.17) is 10.2 Å². The normalized spacial score (nSPS) is 10.1. The number of benzene rings is 1. The molecule has 0 unspecified atom stereocenters. The molecular weight excluding hydrogens is 224 g/mol. The van der Waals surface area contributed by atoms with Crippen LogP contribution >= 0.6 is 0 Å². The molecule has 0 aliphatic carbocycles. The van der Waals surface area contributed by atoms with Crippen LogP contribution < -0.4 is 0 Å². The van der Waals surface area contributed by atoms with Gasteiger partial charge >= 0.3 is 11.9 Å². The van der Waals surface area contributed by atoms with E-state index in [2.05, 4.69) is 5.10 Å².